The number of fused-ring (bicyclic) bond motifs is 2. The van der Waals surface area contributed by atoms with E-state index >= 15 is 0 Å². The fraction of sp³-hybridized carbons (Fsp3) is 0.114. The second kappa shape index (κ2) is 12.2. The minimum Gasteiger partial charge on any atom is -0.489 e. The van der Waals surface area contributed by atoms with Gasteiger partial charge >= 0.3 is 0 Å². The lowest BCUT2D eigenvalue weighted by atomic mass is 10.0. The monoisotopic (exact) mass is 670 g/mol. The molecule has 0 fully saturated rings. The van der Waals surface area contributed by atoms with Gasteiger partial charge in [0, 0.05) is 16.0 Å². The maximum Gasteiger partial charge on any atom is 0.186 e. The van der Waals surface area contributed by atoms with Crippen LogP contribution in [0.1, 0.15) is 42.9 Å². The van der Waals surface area contributed by atoms with Crippen molar-refractivity contribution in [2.75, 3.05) is 11.5 Å². The van der Waals surface area contributed by atoms with E-state index in [1.165, 1.54) is 30.4 Å². The number of sulfone groups is 2. The Morgan fingerprint density at radius 2 is 1.26 bits per heavy atom. The normalized spacial score (nSPS) is 15.4. The molecule has 11 heteroatoms. The van der Waals surface area contributed by atoms with Gasteiger partial charge in [0.25, 0.3) is 0 Å². The Morgan fingerprint density at radius 3 is 1.87 bits per heavy atom. The highest BCUT2D eigenvalue weighted by Crippen LogP contribution is 2.34. The van der Waals surface area contributed by atoms with Crippen LogP contribution in [0, 0.1) is 0 Å². The molecule has 0 N–H and O–H groups in total. The molecule has 2 aliphatic heterocycles. The molecule has 0 saturated carbocycles. The first-order valence-electron chi connectivity index (χ1n) is 14.1. The average Bonchev–Trinajstić information content (AvgIpc) is 3.69. The van der Waals surface area contributed by atoms with E-state index in [4.69, 9.17) is 4.74 Å². The minimum absolute atomic E-state index is 0.0129. The Kier molecular flexibility index (Phi) is 8.32. The van der Waals surface area contributed by atoms with Gasteiger partial charge < -0.3 is 4.74 Å². The zero-order valence-corrected chi connectivity index (χ0v) is 26.9. The Bertz CT molecular complexity index is 2250. The lowest BCUT2D eigenvalue weighted by Crippen LogP contribution is -2.03. The van der Waals surface area contributed by atoms with Crippen molar-refractivity contribution < 1.29 is 36.0 Å². The number of ether oxygens (including phenoxy) is 1. The van der Waals surface area contributed by atoms with Crippen molar-refractivity contribution in [3.63, 3.8) is 0 Å². The van der Waals surface area contributed by atoms with E-state index in [1.54, 1.807) is 36.4 Å². The molecule has 0 radical (unpaired) electrons. The second-order valence-electron chi connectivity index (χ2n) is 10.8. The van der Waals surface area contributed by atoms with Gasteiger partial charge in [0.2, 0.25) is 0 Å². The van der Waals surface area contributed by atoms with Gasteiger partial charge in [0.1, 0.15) is 23.9 Å². The molecule has 0 atom stereocenters. The molecule has 7 rings (SSSR count). The number of carbonyl (C=O) groups is 3. The fourth-order valence-corrected chi connectivity index (χ4v) is 8.99. The summed E-state index contributed by atoms with van der Waals surface area (Å²) in [4.78, 5) is 36.7. The number of hydrogen-bond donors (Lipinski definition) is 0. The Labute approximate surface area is 270 Å². The van der Waals surface area contributed by atoms with Crippen LogP contribution >= 0.6 is 11.3 Å². The minimum atomic E-state index is -3.48. The highest BCUT2D eigenvalue weighted by molar-refractivity contribution is 7.93. The maximum absolute atomic E-state index is 12.0. The second-order valence-corrected chi connectivity index (χ2v) is 15.8. The topological polar surface area (TPSA) is 129 Å². The van der Waals surface area contributed by atoms with Gasteiger partial charge in [-0.25, -0.2) is 16.8 Å². The van der Waals surface area contributed by atoms with Crippen molar-refractivity contribution in [1.29, 1.82) is 0 Å². The summed E-state index contributed by atoms with van der Waals surface area (Å²) in [5.74, 6) is -0.906. The summed E-state index contributed by atoms with van der Waals surface area (Å²) < 4.78 is 53.2. The highest BCUT2D eigenvalue weighted by atomic mass is 32.2. The van der Waals surface area contributed by atoms with E-state index in [1.807, 2.05) is 54.6 Å². The molecule has 232 valence electrons. The number of ketones is 3. The van der Waals surface area contributed by atoms with Crippen LogP contribution < -0.4 is 4.74 Å². The molecule has 0 saturated heterocycles. The lowest BCUT2D eigenvalue weighted by molar-refractivity contribution is 0.101. The first kappa shape index (κ1) is 31.3. The Balaban J connectivity index is 0.000000167. The molecule has 0 unspecified atom stereocenters. The summed E-state index contributed by atoms with van der Waals surface area (Å²) in [6.07, 6.45) is 0. The molecule has 5 aromatic rings. The van der Waals surface area contributed by atoms with Crippen molar-refractivity contribution in [3.05, 3.63) is 125 Å². The van der Waals surface area contributed by atoms with Crippen molar-refractivity contribution in [3.8, 4) is 27.3 Å². The molecule has 4 aromatic carbocycles. The fourth-order valence-electron chi connectivity index (χ4n) is 5.22. The summed E-state index contributed by atoms with van der Waals surface area (Å²) >= 11 is 1.33. The molecule has 2 aliphatic rings. The van der Waals surface area contributed by atoms with Gasteiger partial charge in [0.15, 0.2) is 37.0 Å². The van der Waals surface area contributed by atoms with Crippen LogP contribution in [0.3, 0.4) is 0 Å². The Hall–Kier alpha value is -4.71. The molecule has 0 bridgehead atoms. The summed E-state index contributed by atoms with van der Waals surface area (Å²) in [6.45, 7) is 1.96. The van der Waals surface area contributed by atoms with Crippen LogP contribution in [-0.2, 0) is 26.3 Å². The molecule has 46 heavy (non-hydrogen) atoms. The summed E-state index contributed by atoms with van der Waals surface area (Å²) in [6, 6.07) is 30.6. The van der Waals surface area contributed by atoms with Crippen LogP contribution in [0.15, 0.2) is 113 Å². The molecule has 0 aliphatic carbocycles. The van der Waals surface area contributed by atoms with E-state index in [9.17, 15) is 31.2 Å². The standard InChI is InChI=1S/C21H16O4S.C14H10O4S2/c22-20-14-26(23,24)21-10-9-17(12-19(20)21)16-7-4-8-18(11-16)25-13-15-5-2-1-3-6-15;1-8(15)12-3-4-13(19-12)9-2-5-14-10(6-9)11(16)7-20(14,17)18/h1-12H,13-14H2;2-6H,7H2,1H3. The SMILES string of the molecule is CC(=O)c1ccc(-c2ccc3c(c2)C(=O)CS3(=O)=O)s1.O=C1CS(=O)(=O)c2ccc(-c3cccc(OCc4ccccc4)c3)cc21. The third-order valence-corrected chi connectivity index (χ3v) is 12.1. The first-order valence-corrected chi connectivity index (χ1v) is 18.2. The zero-order valence-electron chi connectivity index (χ0n) is 24.4. The van der Waals surface area contributed by atoms with Gasteiger partial charge in [-0.2, -0.15) is 0 Å². The van der Waals surface area contributed by atoms with Gasteiger partial charge in [-0.05, 0) is 77.7 Å². The largest absolute Gasteiger partial charge is 0.489 e. The van der Waals surface area contributed by atoms with E-state index in [0.717, 1.165) is 27.1 Å². The quantitative estimate of drug-likeness (QED) is 0.188. The molecular weight excluding hydrogens is 645 g/mol. The summed E-state index contributed by atoms with van der Waals surface area (Å²) in [7, 11) is -6.94. The zero-order chi connectivity index (χ0) is 32.6. The van der Waals surface area contributed by atoms with Crippen molar-refractivity contribution in [1.82, 2.24) is 0 Å². The summed E-state index contributed by atoms with van der Waals surface area (Å²) in [5, 5.41) is 0. The molecule has 0 amide bonds. The van der Waals surface area contributed by atoms with Gasteiger partial charge in [-0.3, -0.25) is 14.4 Å². The van der Waals surface area contributed by atoms with E-state index in [0.29, 0.717) is 17.2 Å². The Morgan fingerprint density at radius 1 is 0.674 bits per heavy atom. The lowest BCUT2D eigenvalue weighted by Gasteiger charge is -2.09. The molecule has 1 aromatic heterocycles. The highest BCUT2D eigenvalue weighted by Gasteiger charge is 2.34. The van der Waals surface area contributed by atoms with Gasteiger partial charge in [0.05, 0.1) is 14.7 Å². The predicted octanol–water partition coefficient (Wildman–Crippen LogP) is 6.49. The maximum atomic E-state index is 12.0. The number of rotatable bonds is 6. The van der Waals surface area contributed by atoms with Crippen LogP contribution in [0.25, 0.3) is 21.6 Å². The smallest absolute Gasteiger partial charge is 0.186 e. The number of benzene rings is 4. The number of carbonyl (C=O) groups excluding carboxylic acids is 3. The molecule has 3 heterocycles. The van der Waals surface area contributed by atoms with Crippen molar-refractivity contribution in [2.45, 2.75) is 23.3 Å². The number of hydrogen-bond acceptors (Lipinski definition) is 9. The van der Waals surface area contributed by atoms with E-state index in [-0.39, 0.29) is 38.3 Å². The summed E-state index contributed by atoms with van der Waals surface area (Å²) in [5.41, 5.74) is 4.02. The van der Waals surface area contributed by atoms with Crippen molar-refractivity contribution >= 4 is 48.4 Å². The van der Waals surface area contributed by atoms with Gasteiger partial charge in [-0.1, -0.05) is 54.6 Å². The van der Waals surface area contributed by atoms with Crippen LogP contribution in [0.2, 0.25) is 0 Å². The number of Topliss-reactive ketones (excluding diaryl/α,β-unsaturated/α-hetero) is 3. The molecule has 8 nitrogen and oxygen atoms in total. The van der Waals surface area contributed by atoms with E-state index < -0.39 is 31.2 Å². The van der Waals surface area contributed by atoms with Gasteiger partial charge in [-0.15, -0.1) is 11.3 Å². The van der Waals surface area contributed by atoms with E-state index in [2.05, 4.69) is 0 Å². The van der Waals surface area contributed by atoms with Crippen LogP contribution in [0.5, 0.6) is 5.75 Å². The molecule has 0 spiro atoms. The average molecular weight is 671 g/mol. The number of thiophene rings is 1. The van der Waals surface area contributed by atoms with Crippen LogP contribution in [0.4, 0.5) is 0 Å². The van der Waals surface area contributed by atoms with Crippen molar-refractivity contribution in [2.24, 2.45) is 0 Å². The first-order chi connectivity index (χ1) is 21.9. The molecular formula is C35H26O8S3. The van der Waals surface area contributed by atoms with Crippen LogP contribution in [-0.4, -0.2) is 45.7 Å². The predicted molar refractivity (Wildman–Crippen MR) is 175 cm³/mol. The third-order valence-electron chi connectivity index (χ3n) is 7.53. The third kappa shape index (κ3) is 6.34.